The van der Waals surface area contributed by atoms with Crippen molar-refractivity contribution in [1.29, 1.82) is 0 Å². The maximum Gasteiger partial charge on any atom is 0.295 e. The number of hydrogen-bond donors (Lipinski definition) is 1. The Balaban J connectivity index is 1.69. The van der Waals surface area contributed by atoms with Gasteiger partial charge in [-0.3, -0.25) is 14.5 Å². The van der Waals surface area contributed by atoms with E-state index in [1.165, 1.54) is 10.5 Å². The van der Waals surface area contributed by atoms with Gasteiger partial charge in [-0.15, -0.1) is 0 Å². The second-order valence-corrected chi connectivity index (χ2v) is 8.20. The van der Waals surface area contributed by atoms with Gasteiger partial charge in [0.15, 0.2) is 0 Å². The van der Waals surface area contributed by atoms with E-state index in [2.05, 4.69) is 19.2 Å². The standard InChI is InChI=1S/C20H18Cl2N2O2S/c1-12(2)14-5-3-13(4-6-14)9-18-19(25)24(20(26)27-18)11-23-15-7-8-16(21)17(22)10-15/h3-10,12,23H,11H2,1-2H3/b18-9+. The van der Waals surface area contributed by atoms with Crippen LogP contribution in [0.15, 0.2) is 47.4 Å². The molecule has 0 saturated carbocycles. The molecule has 1 fully saturated rings. The number of carbonyl (C=O) groups is 2. The number of benzene rings is 2. The van der Waals surface area contributed by atoms with Gasteiger partial charge in [-0.2, -0.15) is 0 Å². The molecule has 1 heterocycles. The molecule has 1 aliphatic heterocycles. The van der Waals surface area contributed by atoms with Crippen LogP contribution in [0.4, 0.5) is 10.5 Å². The van der Waals surface area contributed by atoms with Crippen molar-refractivity contribution in [2.24, 2.45) is 0 Å². The highest BCUT2D eigenvalue weighted by Crippen LogP contribution is 2.32. The van der Waals surface area contributed by atoms with E-state index in [9.17, 15) is 9.59 Å². The number of hydrogen-bond acceptors (Lipinski definition) is 4. The smallest absolute Gasteiger partial charge is 0.295 e. The molecule has 1 saturated heterocycles. The maximum atomic E-state index is 12.6. The van der Waals surface area contributed by atoms with Gasteiger partial charge in [0, 0.05) is 5.69 Å². The number of anilines is 1. The van der Waals surface area contributed by atoms with Crippen LogP contribution < -0.4 is 5.32 Å². The predicted octanol–water partition coefficient (Wildman–Crippen LogP) is 6.22. The van der Waals surface area contributed by atoms with Crippen LogP contribution in [0.5, 0.6) is 0 Å². The molecular formula is C20H18Cl2N2O2S. The summed E-state index contributed by atoms with van der Waals surface area (Å²) in [7, 11) is 0. The normalized spacial score (nSPS) is 15.9. The largest absolute Gasteiger partial charge is 0.367 e. The lowest BCUT2D eigenvalue weighted by Gasteiger charge is -2.14. The molecule has 0 radical (unpaired) electrons. The first-order chi connectivity index (χ1) is 12.8. The van der Waals surface area contributed by atoms with E-state index >= 15 is 0 Å². The fourth-order valence-electron chi connectivity index (χ4n) is 2.54. The molecule has 0 aromatic heterocycles. The van der Waals surface area contributed by atoms with E-state index in [1.807, 2.05) is 24.3 Å². The van der Waals surface area contributed by atoms with E-state index < -0.39 is 0 Å². The Morgan fingerprint density at radius 2 is 1.78 bits per heavy atom. The van der Waals surface area contributed by atoms with Crippen LogP contribution in [0.2, 0.25) is 10.0 Å². The van der Waals surface area contributed by atoms with Crippen molar-refractivity contribution in [3.63, 3.8) is 0 Å². The van der Waals surface area contributed by atoms with Crippen molar-refractivity contribution in [3.8, 4) is 0 Å². The molecule has 1 N–H and O–H groups in total. The summed E-state index contributed by atoms with van der Waals surface area (Å²) < 4.78 is 0. The van der Waals surface area contributed by atoms with Gasteiger partial charge < -0.3 is 5.32 Å². The summed E-state index contributed by atoms with van der Waals surface area (Å²) >= 11 is 12.8. The second kappa shape index (κ2) is 8.38. The third kappa shape index (κ3) is 4.67. The highest BCUT2D eigenvalue weighted by Gasteiger charge is 2.34. The molecule has 0 unspecified atom stereocenters. The minimum atomic E-state index is -0.314. The summed E-state index contributed by atoms with van der Waals surface area (Å²) in [6.45, 7) is 4.31. The van der Waals surface area contributed by atoms with Crippen LogP contribution in [0.1, 0.15) is 30.9 Å². The monoisotopic (exact) mass is 420 g/mol. The topological polar surface area (TPSA) is 49.4 Å². The van der Waals surface area contributed by atoms with E-state index in [0.717, 1.165) is 17.3 Å². The van der Waals surface area contributed by atoms with Gasteiger partial charge in [-0.05, 0) is 53.1 Å². The molecule has 3 rings (SSSR count). The summed E-state index contributed by atoms with van der Waals surface area (Å²) in [5.41, 5.74) is 2.80. The number of amides is 2. The van der Waals surface area contributed by atoms with Gasteiger partial charge in [0.25, 0.3) is 11.1 Å². The van der Waals surface area contributed by atoms with Crippen molar-refractivity contribution >= 4 is 57.9 Å². The van der Waals surface area contributed by atoms with E-state index in [0.29, 0.717) is 26.6 Å². The molecule has 140 valence electrons. The third-order valence-corrected chi connectivity index (χ3v) is 5.78. The number of nitrogens with zero attached hydrogens (tertiary/aromatic N) is 1. The highest BCUT2D eigenvalue weighted by atomic mass is 35.5. The Labute approximate surface area is 172 Å². The Bertz CT molecular complexity index is 911. The fourth-order valence-corrected chi connectivity index (χ4v) is 3.68. The van der Waals surface area contributed by atoms with Crippen LogP contribution >= 0.6 is 35.0 Å². The summed E-state index contributed by atoms with van der Waals surface area (Å²) in [5, 5.41) is 3.56. The molecule has 0 bridgehead atoms. The van der Waals surface area contributed by atoms with Crippen molar-refractivity contribution in [3.05, 3.63) is 68.5 Å². The molecule has 0 spiro atoms. The molecule has 27 heavy (non-hydrogen) atoms. The van der Waals surface area contributed by atoms with Crippen molar-refractivity contribution in [2.75, 3.05) is 12.0 Å². The number of imide groups is 1. The van der Waals surface area contributed by atoms with Gasteiger partial charge in [0.1, 0.15) is 0 Å². The number of halogens is 2. The molecule has 4 nitrogen and oxygen atoms in total. The Morgan fingerprint density at radius 3 is 2.41 bits per heavy atom. The van der Waals surface area contributed by atoms with E-state index in [4.69, 9.17) is 23.2 Å². The molecule has 2 amide bonds. The predicted molar refractivity (Wildman–Crippen MR) is 113 cm³/mol. The molecule has 0 aliphatic carbocycles. The minimum Gasteiger partial charge on any atom is -0.367 e. The third-order valence-electron chi connectivity index (χ3n) is 4.14. The zero-order valence-corrected chi connectivity index (χ0v) is 17.2. The number of carbonyl (C=O) groups excluding carboxylic acids is 2. The van der Waals surface area contributed by atoms with Crippen molar-refractivity contribution < 1.29 is 9.59 Å². The average molecular weight is 421 g/mol. The molecular weight excluding hydrogens is 403 g/mol. The minimum absolute atomic E-state index is 0.0618. The first-order valence-corrected chi connectivity index (χ1v) is 9.96. The first-order valence-electron chi connectivity index (χ1n) is 8.39. The molecule has 2 aromatic carbocycles. The van der Waals surface area contributed by atoms with Crippen LogP contribution in [0.25, 0.3) is 6.08 Å². The SMILES string of the molecule is CC(C)c1ccc(/C=C2/SC(=O)N(CNc3ccc(Cl)c(Cl)c3)C2=O)cc1. The zero-order valence-electron chi connectivity index (χ0n) is 14.8. The average Bonchev–Trinajstić information content (AvgIpc) is 2.90. The van der Waals surface area contributed by atoms with Gasteiger partial charge in [0.05, 0.1) is 21.6 Å². The summed E-state index contributed by atoms with van der Waals surface area (Å²) in [5.74, 6) is 0.129. The van der Waals surface area contributed by atoms with E-state index in [-0.39, 0.29) is 17.8 Å². The van der Waals surface area contributed by atoms with Gasteiger partial charge in [-0.25, -0.2) is 0 Å². The van der Waals surface area contributed by atoms with Crippen LogP contribution in [-0.4, -0.2) is 22.7 Å². The maximum absolute atomic E-state index is 12.6. The van der Waals surface area contributed by atoms with E-state index in [1.54, 1.807) is 24.3 Å². The fraction of sp³-hybridized carbons (Fsp3) is 0.200. The zero-order chi connectivity index (χ0) is 19.6. The summed E-state index contributed by atoms with van der Waals surface area (Å²) in [6, 6.07) is 13.0. The highest BCUT2D eigenvalue weighted by molar-refractivity contribution is 8.18. The molecule has 7 heteroatoms. The quantitative estimate of drug-likeness (QED) is 0.582. The van der Waals surface area contributed by atoms with Gasteiger partial charge >= 0.3 is 0 Å². The summed E-state index contributed by atoms with van der Waals surface area (Å²) in [4.78, 5) is 26.4. The number of rotatable bonds is 5. The lowest BCUT2D eigenvalue weighted by atomic mass is 10.0. The molecule has 1 aliphatic rings. The number of nitrogens with one attached hydrogen (secondary N) is 1. The lowest BCUT2D eigenvalue weighted by molar-refractivity contribution is -0.122. The van der Waals surface area contributed by atoms with Crippen LogP contribution in [0, 0.1) is 0 Å². The van der Waals surface area contributed by atoms with Crippen LogP contribution in [0.3, 0.4) is 0 Å². The Morgan fingerprint density at radius 1 is 1.07 bits per heavy atom. The Hall–Kier alpha value is -1.95. The van der Waals surface area contributed by atoms with Gasteiger partial charge in [0.2, 0.25) is 0 Å². The molecule has 0 atom stereocenters. The number of thioether (sulfide) groups is 1. The van der Waals surface area contributed by atoms with Crippen molar-refractivity contribution in [2.45, 2.75) is 19.8 Å². The summed E-state index contributed by atoms with van der Waals surface area (Å²) in [6.07, 6.45) is 1.74. The lowest BCUT2D eigenvalue weighted by Crippen LogP contribution is -2.33. The van der Waals surface area contributed by atoms with Crippen molar-refractivity contribution in [1.82, 2.24) is 4.90 Å². The molecule has 2 aromatic rings. The van der Waals surface area contributed by atoms with Gasteiger partial charge in [-0.1, -0.05) is 61.3 Å². The second-order valence-electron chi connectivity index (χ2n) is 6.39. The first kappa shape index (κ1) is 19.8. The Kier molecular flexibility index (Phi) is 6.15. The van der Waals surface area contributed by atoms with Crippen LogP contribution in [-0.2, 0) is 4.79 Å².